The van der Waals surface area contributed by atoms with Gasteiger partial charge in [-0.3, -0.25) is 4.79 Å². The molecule has 0 unspecified atom stereocenters. The van der Waals surface area contributed by atoms with Gasteiger partial charge in [-0.1, -0.05) is 12.1 Å². The Morgan fingerprint density at radius 1 is 1.19 bits per heavy atom. The molecule has 2 N–H and O–H groups in total. The van der Waals surface area contributed by atoms with Crippen LogP contribution < -0.4 is 10.2 Å². The molecule has 0 aliphatic heterocycles. The number of nitrogens with one attached hydrogen (secondary N) is 1. The van der Waals surface area contributed by atoms with Crippen LogP contribution in [0.4, 0.5) is 0 Å². The topological polar surface area (TPSA) is 70.9 Å². The SMILES string of the molecule is COc1ccc(CC(=O)NN=Cc2ccc(O)cc2)cc1. The van der Waals surface area contributed by atoms with E-state index in [4.69, 9.17) is 9.84 Å². The molecule has 0 saturated carbocycles. The second-order valence-electron chi connectivity index (χ2n) is 4.41. The number of hydrazone groups is 1. The van der Waals surface area contributed by atoms with Crippen LogP contribution in [0.2, 0.25) is 0 Å². The van der Waals surface area contributed by atoms with Gasteiger partial charge in [-0.15, -0.1) is 0 Å². The molecular weight excluding hydrogens is 268 g/mol. The number of ether oxygens (including phenoxy) is 1. The van der Waals surface area contributed by atoms with Gasteiger partial charge in [0.05, 0.1) is 19.7 Å². The number of benzene rings is 2. The van der Waals surface area contributed by atoms with E-state index in [-0.39, 0.29) is 18.1 Å². The Kier molecular flexibility index (Phi) is 4.93. The van der Waals surface area contributed by atoms with Crippen LogP contribution in [0, 0.1) is 0 Å². The molecule has 0 radical (unpaired) electrons. The lowest BCUT2D eigenvalue weighted by molar-refractivity contribution is -0.120. The third kappa shape index (κ3) is 4.65. The number of aromatic hydroxyl groups is 1. The molecule has 0 spiro atoms. The van der Waals surface area contributed by atoms with E-state index >= 15 is 0 Å². The third-order valence-corrected chi connectivity index (χ3v) is 2.82. The standard InChI is InChI=1S/C16H16N2O3/c1-21-15-8-4-12(5-9-15)10-16(20)18-17-11-13-2-6-14(19)7-3-13/h2-9,11,19H,10H2,1H3,(H,18,20). The van der Waals surface area contributed by atoms with E-state index in [9.17, 15) is 4.79 Å². The van der Waals surface area contributed by atoms with Crippen molar-refractivity contribution in [2.24, 2.45) is 5.10 Å². The molecule has 0 aliphatic carbocycles. The number of methoxy groups -OCH3 is 1. The van der Waals surface area contributed by atoms with Crippen LogP contribution in [0.15, 0.2) is 53.6 Å². The van der Waals surface area contributed by atoms with Crippen molar-refractivity contribution >= 4 is 12.1 Å². The Hall–Kier alpha value is -2.82. The molecule has 5 heteroatoms. The molecule has 0 saturated heterocycles. The van der Waals surface area contributed by atoms with Crippen molar-refractivity contribution in [1.29, 1.82) is 0 Å². The van der Waals surface area contributed by atoms with Crippen molar-refractivity contribution in [3.8, 4) is 11.5 Å². The number of carbonyl (C=O) groups excluding carboxylic acids is 1. The molecule has 108 valence electrons. The van der Waals surface area contributed by atoms with Gasteiger partial charge in [0.15, 0.2) is 0 Å². The summed E-state index contributed by atoms with van der Waals surface area (Å²) in [6.07, 6.45) is 1.77. The summed E-state index contributed by atoms with van der Waals surface area (Å²) in [5.41, 5.74) is 4.13. The molecule has 0 aliphatic rings. The van der Waals surface area contributed by atoms with Crippen molar-refractivity contribution in [3.63, 3.8) is 0 Å². The molecular formula is C16H16N2O3. The van der Waals surface area contributed by atoms with E-state index in [1.54, 1.807) is 31.4 Å². The first-order chi connectivity index (χ1) is 10.2. The number of hydrogen-bond acceptors (Lipinski definition) is 4. The number of phenols is 1. The van der Waals surface area contributed by atoms with Crippen LogP contribution in [-0.2, 0) is 11.2 Å². The van der Waals surface area contributed by atoms with Crippen LogP contribution in [0.3, 0.4) is 0 Å². The van der Waals surface area contributed by atoms with E-state index in [0.717, 1.165) is 16.9 Å². The molecule has 1 amide bonds. The minimum atomic E-state index is -0.199. The van der Waals surface area contributed by atoms with Crippen LogP contribution in [0.25, 0.3) is 0 Å². The highest BCUT2D eigenvalue weighted by atomic mass is 16.5. The zero-order valence-corrected chi connectivity index (χ0v) is 11.6. The molecule has 21 heavy (non-hydrogen) atoms. The summed E-state index contributed by atoms with van der Waals surface area (Å²) in [6.45, 7) is 0. The summed E-state index contributed by atoms with van der Waals surface area (Å²) >= 11 is 0. The lowest BCUT2D eigenvalue weighted by atomic mass is 10.1. The quantitative estimate of drug-likeness (QED) is 0.652. The molecule has 5 nitrogen and oxygen atoms in total. The first-order valence-corrected chi connectivity index (χ1v) is 6.41. The largest absolute Gasteiger partial charge is 0.508 e. The summed E-state index contributed by atoms with van der Waals surface area (Å²) in [4.78, 5) is 11.7. The normalized spacial score (nSPS) is 10.5. The zero-order chi connectivity index (χ0) is 15.1. The second-order valence-corrected chi connectivity index (χ2v) is 4.41. The van der Waals surface area contributed by atoms with Crippen LogP contribution in [0.1, 0.15) is 11.1 Å². The Morgan fingerprint density at radius 3 is 2.48 bits per heavy atom. The number of amides is 1. The average molecular weight is 284 g/mol. The summed E-state index contributed by atoms with van der Waals surface area (Å²) in [6, 6.07) is 13.8. The molecule has 2 rings (SSSR count). The fourth-order valence-corrected chi connectivity index (χ4v) is 1.71. The Morgan fingerprint density at radius 2 is 1.86 bits per heavy atom. The van der Waals surface area contributed by atoms with Gasteiger partial charge >= 0.3 is 0 Å². The van der Waals surface area contributed by atoms with Crippen molar-refractivity contribution in [2.75, 3.05) is 7.11 Å². The number of rotatable bonds is 5. The average Bonchev–Trinajstić information content (AvgIpc) is 2.50. The summed E-state index contributed by atoms with van der Waals surface area (Å²) in [5.74, 6) is 0.746. The summed E-state index contributed by atoms with van der Waals surface area (Å²) < 4.78 is 5.05. The van der Waals surface area contributed by atoms with Crippen molar-refractivity contribution in [2.45, 2.75) is 6.42 Å². The molecule has 2 aromatic carbocycles. The van der Waals surface area contributed by atoms with Crippen molar-refractivity contribution in [1.82, 2.24) is 5.43 Å². The zero-order valence-electron chi connectivity index (χ0n) is 11.6. The van der Waals surface area contributed by atoms with E-state index in [1.807, 2.05) is 24.3 Å². The van der Waals surface area contributed by atoms with Crippen molar-refractivity contribution < 1.29 is 14.6 Å². The van der Waals surface area contributed by atoms with Gasteiger partial charge in [-0.05, 0) is 47.5 Å². The summed E-state index contributed by atoms with van der Waals surface area (Å²) in [5, 5.41) is 13.0. The van der Waals surface area contributed by atoms with Gasteiger partial charge < -0.3 is 9.84 Å². The fourth-order valence-electron chi connectivity index (χ4n) is 1.71. The Balaban J connectivity index is 1.85. The van der Waals surface area contributed by atoms with Crippen LogP contribution in [0.5, 0.6) is 11.5 Å². The Bertz CT molecular complexity index is 619. The molecule has 0 bridgehead atoms. The van der Waals surface area contributed by atoms with Gasteiger partial charge in [0.1, 0.15) is 11.5 Å². The van der Waals surface area contributed by atoms with E-state index in [0.29, 0.717) is 0 Å². The molecule has 0 atom stereocenters. The highest BCUT2D eigenvalue weighted by molar-refractivity contribution is 5.83. The van der Waals surface area contributed by atoms with Gasteiger partial charge in [0.2, 0.25) is 5.91 Å². The first kappa shape index (κ1) is 14.6. The fraction of sp³-hybridized carbons (Fsp3) is 0.125. The molecule has 0 aromatic heterocycles. The molecule has 0 heterocycles. The van der Waals surface area contributed by atoms with Crippen LogP contribution >= 0.6 is 0 Å². The molecule has 2 aromatic rings. The van der Waals surface area contributed by atoms with E-state index < -0.39 is 0 Å². The second kappa shape index (κ2) is 7.09. The minimum Gasteiger partial charge on any atom is -0.508 e. The van der Waals surface area contributed by atoms with E-state index in [1.165, 1.54) is 6.21 Å². The highest BCUT2D eigenvalue weighted by Crippen LogP contribution is 2.11. The first-order valence-electron chi connectivity index (χ1n) is 6.41. The predicted octanol–water partition coefficient (Wildman–Crippen LogP) is 2.09. The minimum absolute atomic E-state index is 0.190. The maximum Gasteiger partial charge on any atom is 0.244 e. The number of hydrogen-bond donors (Lipinski definition) is 2. The maximum absolute atomic E-state index is 11.7. The Labute approximate surface area is 122 Å². The predicted molar refractivity (Wildman–Crippen MR) is 80.5 cm³/mol. The maximum atomic E-state index is 11.7. The number of phenolic OH excluding ortho intramolecular Hbond substituents is 1. The highest BCUT2D eigenvalue weighted by Gasteiger charge is 2.02. The van der Waals surface area contributed by atoms with E-state index in [2.05, 4.69) is 10.5 Å². The summed E-state index contributed by atoms with van der Waals surface area (Å²) in [7, 11) is 1.60. The van der Waals surface area contributed by atoms with Gasteiger partial charge in [0, 0.05) is 0 Å². The smallest absolute Gasteiger partial charge is 0.244 e. The van der Waals surface area contributed by atoms with Crippen molar-refractivity contribution in [3.05, 3.63) is 59.7 Å². The molecule has 0 fully saturated rings. The van der Waals surface area contributed by atoms with Crippen LogP contribution in [-0.4, -0.2) is 24.3 Å². The lowest BCUT2D eigenvalue weighted by Crippen LogP contribution is -2.19. The van der Waals surface area contributed by atoms with Gasteiger partial charge in [0.25, 0.3) is 0 Å². The number of nitrogens with zero attached hydrogens (tertiary/aromatic N) is 1. The van der Waals surface area contributed by atoms with Gasteiger partial charge in [-0.2, -0.15) is 5.10 Å². The monoisotopic (exact) mass is 284 g/mol. The third-order valence-electron chi connectivity index (χ3n) is 2.82. The number of carbonyl (C=O) groups is 1. The lowest BCUT2D eigenvalue weighted by Gasteiger charge is -2.02. The van der Waals surface area contributed by atoms with Gasteiger partial charge in [-0.25, -0.2) is 5.43 Å².